The molecule has 1 aliphatic carbocycles. The third kappa shape index (κ3) is 5.04. The van der Waals surface area contributed by atoms with Crippen LogP contribution >= 0.6 is 0 Å². The summed E-state index contributed by atoms with van der Waals surface area (Å²) in [6.45, 7) is 4.24. The maximum absolute atomic E-state index is 11.9. The van der Waals surface area contributed by atoms with Gasteiger partial charge in [-0.05, 0) is 31.7 Å². The zero-order valence-electron chi connectivity index (χ0n) is 10.8. The number of hydrogen-bond acceptors (Lipinski definition) is 4. The summed E-state index contributed by atoms with van der Waals surface area (Å²) >= 11 is 0. The molecule has 1 fully saturated rings. The Morgan fingerprint density at radius 2 is 2.00 bits per heavy atom. The lowest BCUT2D eigenvalue weighted by molar-refractivity contribution is -0.153. The van der Waals surface area contributed by atoms with Crippen molar-refractivity contribution >= 4 is 5.97 Å². The predicted octanol–water partition coefficient (Wildman–Crippen LogP) is 1.72. The van der Waals surface area contributed by atoms with Crippen molar-refractivity contribution < 1.29 is 14.3 Å². The molecular formula is C13H25NO3. The van der Waals surface area contributed by atoms with Gasteiger partial charge >= 0.3 is 5.97 Å². The van der Waals surface area contributed by atoms with Crippen LogP contribution in [0, 0.1) is 11.8 Å². The second-order valence-electron chi connectivity index (χ2n) is 4.67. The summed E-state index contributed by atoms with van der Waals surface area (Å²) in [4.78, 5) is 11.9. The molecule has 0 saturated heterocycles. The van der Waals surface area contributed by atoms with E-state index in [1.165, 1.54) is 6.42 Å². The Labute approximate surface area is 104 Å². The molecule has 0 aromatic carbocycles. The monoisotopic (exact) mass is 243 g/mol. The lowest BCUT2D eigenvalue weighted by Crippen LogP contribution is -2.33. The highest BCUT2D eigenvalue weighted by molar-refractivity contribution is 5.72. The first-order valence-corrected chi connectivity index (χ1v) is 6.74. The van der Waals surface area contributed by atoms with Gasteiger partial charge in [-0.25, -0.2) is 0 Å². The molecule has 0 radical (unpaired) electrons. The first-order valence-electron chi connectivity index (χ1n) is 6.74. The van der Waals surface area contributed by atoms with Gasteiger partial charge in [0.15, 0.2) is 0 Å². The van der Waals surface area contributed by atoms with E-state index in [9.17, 15) is 4.79 Å². The molecule has 1 rings (SSSR count). The molecular weight excluding hydrogens is 218 g/mol. The van der Waals surface area contributed by atoms with Gasteiger partial charge in [-0.2, -0.15) is 0 Å². The SMILES string of the molecule is CCCOCCOC(=O)C1CCCCC1CN. The Kier molecular flexibility index (Phi) is 7.21. The molecule has 0 heterocycles. The lowest BCUT2D eigenvalue weighted by atomic mass is 9.79. The minimum Gasteiger partial charge on any atom is -0.463 e. The van der Waals surface area contributed by atoms with Crippen LogP contribution in [0.15, 0.2) is 0 Å². The molecule has 1 saturated carbocycles. The molecule has 2 unspecified atom stereocenters. The highest BCUT2D eigenvalue weighted by Crippen LogP contribution is 2.30. The summed E-state index contributed by atoms with van der Waals surface area (Å²) in [6.07, 6.45) is 5.28. The average Bonchev–Trinajstić information content (AvgIpc) is 2.38. The molecule has 1 aliphatic rings. The normalized spacial score (nSPS) is 24.6. The van der Waals surface area contributed by atoms with E-state index < -0.39 is 0 Å². The standard InChI is InChI=1S/C13H25NO3/c1-2-7-16-8-9-17-13(15)12-6-4-3-5-11(12)10-14/h11-12H,2-10,14H2,1H3. The Bertz CT molecular complexity index is 221. The van der Waals surface area contributed by atoms with Crippen LogP contribution in [0.3, 0.4) is 0 Å². The second-order valence-corrected chi connectivity index (χ2v) is 4.67. The van der Waals surface area contributed by atoms with Crippen LogP contribution in [0.5, 0.6) is 0 Å². The van der Waals surface area contributed by atoms with Crippen LogP contribution in [0.4, 0.5) is 0 Å². The zero-order valence-corrected chi connectivity index (χ0v) is 10.8. The summed E-state index contributed by atoms with van der Waals surface area (Å²) < 4.78 is 10.5. The predicted molar refractivity (Wildman–Crippen MR) is 66.6 cm³/mol. The van der Waals surface area contributed by atoms with Crippen LogP contribution in [-0.4, -0.2) is 32.3 Å². The number of ether oxygens (including phenoxy) is 2. The van der Waals surface area contributed by atoms with Gasteiger partial charge in [-0.3, -0.25) is 4.79 Å². The van der Waals surface area contributed by atoms with Gasteiger partial charge in [0.05, 0.1) is 12.5 Å². The highest BCUT2D eigenvalue weighted by atomic mass is 16.6. The van der Waals surface area contributed by atoms with Crippen LogP contribution in [-0.2, 0) is 14.3 Å². The van der Waals surface area contributed by atoms with Crippen LogP contribution in [0.2, 0.25) is 0 Å². The van der Waals surface area contributed by atoms with Gasteiger partial charge in [-0.1, -0.05) is 19.8 Å². The van der Waals surface area contributed by atoms with Crippen LogP contribution < -0.4 is 5.73 Å². The van der Waals surface area contributed by atoms with E-state index in [1.807, 2.05) is 0 Å². The van der Waals surface area contributed by atoms with E-state index in [0.717, 1.165) is 32.3 Å². The van der Waals surface area contributed by atoms with Gasteiger partial charge in [-0.15, -0.1) is 0 Å². The van der Waals surface area contributed by atoms with Crippen molar-refractivity contribution in [1.29, 1.82) is 0 Å². The molecule has 0 aliphatic heterocycles. The number of carbonyl (C=O) groups is 1. The van der Waals surface area contributed by atoms with Gasteiger partial charge < -0.3 is 15.2 Å². The summed E-state index contributed by atoms with van der Waals surface area (Å²) in [5.74, 6) is 0.244. The number of hydrogen-bond donors (Lipinski definition) is 1. The summed E-state index contributed by atoms with van der Waals surface area (Å²) in [7, 11) is 0. The third-order valence-corrected chi connectivity index (χ3v) is 3.34. The van der Waals surface area contributed by atoms with E-state index in [0.29, 0.717) is 25.7 Å². The Balaban J connectivity index is 2.20. The Hall–Kier alpha value is -0.610. The topological polar surface area (TPSA) is 61.5 Å². The summed E-state index contributed by atoms with van der Waals surface area (Å²) in [5, 5.41) is 0. The Morgan fingerprint density at radius 1 is 1.24 bits per heavy atom. The van der Waals surface area contributed by atoms with Gasteiger partial charge in [0.1, 0.15) is 6.61 Å². The largest absolute Gasteiger partial charge is 0.463 e. The fourth-order valence-corrected chi connectivity index (χ4v) is 2.35. The van der Waals surface area contributed by atoms with Crippen LogP contribution in [0.1, 0.15) is 39.0 Å². The van der Waals surface area contributed by atoms with E-state index in [-0.39, 0.29) is 11.9 Å². The van der Waals surface area contributed by atoms with Crippen molar-refractivity contribution in [2.75, 3.05) is 26.4 Å². The molecule has 4 heteroatoms. The number of carbonyl (C=O) groups excluding carboxylic acids is 1. The molecule has 17 heavy (non-hydrogen) atoms. The molecule has 2 N–H and O–H groups in total. The number of rotatable bonds is 7. The quantitative estimate of drug-likeness (QED) is 0.546. The number of nitrogens with two attached hydrogens (primary N) is 1. The van der Waals surface area contributed by atoms with Crippen molar-refractivity contribution in [1.82, 2.24) is 0 Å². The number of esters is 1. The maximum Gasteiger partial charge on any atom is 0.309 e. The van der Waals surface area contributed by atoms with Crippen molar-refractivity contribution in [3.05, 3.63) is 0 Å². The van der Waals surface area contributed by atoms with Crippen molar-refractivity contribution in [2.45, 2.75) is 39.0 Å². The van der Waals surface area contributed by atoms with Crippen molar-refractivity contribution in [3.63, 3.8) is 0 Å². The van der Waals surface area contributed by atoms with Crippen molar-refractivity contribution in [2.24, 2.45) is 17.6 Å². The molecule has 0 amide bonds. The fourth-order valence-electron chi connectivity index (χ4n) is 2.35. The molecule has 0 aromatic heterocycles. The fraction of sp³-hybridized carbons (Fsp3) is 0.923. The second kappa shape index (κ2) is 8.48. The minimum atomic E-state index is -0.0831. The van der Waals surface area contributed by atoms with Gasteiger partial charge in [0.25, 0.3) is 0 Å². The van der Waals surface area contributed by atoms with E-state index >= 15 is 0 Å². The maximum atomic E-state index is 11.9. The Morgan fingerprint density at radius 3 is 2.71 bits per heavy atom. The average molecular weight is 243 g/mol. The molecule has 0 bridgehead atoms. The lowest BCUT2D eigenvalue weighted by Gasteiger charge is -2.28. The smallest absolute Gasteiger partial charge is 0.309 e. The summed E-state index contributed by atoms with van der Waals surface area (Å²) in [5.41, 5.74) is 5.69. The molecule has 4 nitrogen and oxygen atoms in total. The van der Waals surface area contributed by atoms with Gasteiger partial charge in [0.2, 0.25) is 0 Å². The van der Waals surface area contributed by atoms with Crippen molar-refractivity contribution in [3.8, 4) is 0 Å². The molecule has 0 spiro atoms. The highest BCUT2D eigenvalue weighted by Gasteiger charge is 2.30. The van der Waals surface area contributed by atoms with E-state index in [2.05, 4.69) is 6.92 Å². The van der Waals surface area contributed by atoms with Crippen LogP contribution in [0.25, 0.3) is 0 Å². The van der Waals surface area contributed by atoms with E-state index in [1.54, 1.807) is 0 Å². The first kappa shape index (κ1) is 14.5. The minimum absolute atomic E-state index is 0.0138. The zero-order chi connectivity index (χ0) is 12.5. The molecule has 100 valence electrons. The van der Waals surface area contributed by atoms with Gasteiger partial charge in [0, 0.05) is 6.61 Å². The molecule has 0 aromatic rings. The molecule has 2 atom stereocenters. The third-order valence-electron chi connectivity index (χ3n) is 3.34. The summed E-state index contributed by atoms with van der Waals surface area (Å²) in [6, 6.07) is 0. The van der Waals surface area contributed by atoms with E-state index in [4.69, 9.17) is 15.2 Å². The first-order chi connectivity index (χ1) is 8.29.